The highest BCUT2D eigenvalue weighted by molar-refractivity contribution is 5.83. The predicted molar refractivity (Wildman–Crippen MR) is 96.1 cm³/mol. The highest BCUT2D eigenvalue weighted by Gasteiger charge is 2.27. The van der Waals surface area contributed by atoms with Crippen LogP contribution in [0, 0.1) is 12.3 Å². The highest BCUT2D eigenvalue weighted by Crippen LogP contribution is 2.30. The van der Waals surface area contributed by atoms with Crippen molar-refractivity contribution < 1.29 is 0 Å². The molecule has 0 fully saturated rings. The Balaban J connectivity index is 1.89. The molecule has 0 N–H and O–H groups in total. The van der Waals surface area contributed by atoms with Gasteiger partial charge in [0.15, 0.2) is 0 Å². The number of fused-ring (bicyclic) bond motifs is 2. The fourth-order valence-corrected chi connectivity index (χ4v) is 3.44. The topological polar surface area (TPSA) is 47.8 Å². The zero-order valence-electron chi connectivity index (χ0n) is 14.3. The average molecular weight is 319 g/mol. The molecule has 24 heavy (non-hydrogen) atoms. The van der Waals surface area contributed by atoms with Gasteiger partial charge in [-0.15, -0.1) is 0 Å². The van der Waals surface area contributed by atoms with Gasteiger partial charge < -0.3 is 0 Å². The van der Waals surface area contributed by atoms with Crippen molar-refractivity contribution in [1.29, 1.82) is 0 Å². The quantitative estimate of drug-likeness (QED) is 0.686. The summed E-state index contributed by atoms with van der Waals surface area (Å²) >= 11 is 0. The zero-order valence-corrected chi connectivity index (χ0v) is 14.3. The molecule has 0 amide bonds. The van der Waals surface area contributed by atoms with Gasteiger partial charge in [-0.05, 0) is 43.0 Å². The van der Waals surface area contributed by atoms with Gasteiger partial charge in [-0.3, -0.25) is 14.3 Å². The van der Waals surface area contributed by atoms with E-state index >= 15 is 0 Å². The van der Waals surface area contributed by atoms with Gasteiger partial charge in [0.05, 0.1) is 16.6 Å². The molecule has 0 radical (unpaired) electrons. The third-order valence-electron chi connectivity index (χ3n) is 4.83. The van der Waals surface area contributed by atoms with Gasteiger partial charge in [0.1, 0.15) is 5.82 Å². The molecule has 0 bridgehead atoms. The number of hydrogen-bond donors (Lipinski definition) is 0. The fraction of sp³-hybridized carbons (Fsp3) is 0.350. The van der Waals surface area contributed by atoms with Crippen molar-refractivity contribution >= 4 is 10.9 Å². The zero-order chi connectivity index (χ0) is 16.9. The first-order valence-corrected chi connectivity index (χ1v) is 8.40. The molecule has 0 saturated carbocycles. The van der Waals surface area contributed by atoms with E-state index in [0.717, 1.165) is 47.7 Å². The third-order valence-corrected chi connectivity index (χ3v) is 4.83. The fourth-order valence-electron chi connectivity index (χ4n) is 3.44. The predicted octanol–water partition coefficient (Wildman–Crippen LogP) is 3.74. The Morgan fingerprint density at radius 3 is 2.75 bits per heavy atom. The number of aromatic nitrogens is 3. The molecule has 4 rings (SSSR count). The summed E-state index contributed by atoms with van der Waals surface area (Å²) in [4.78, 5) is 22.2. The van der Waals surface area contributed by atoms with Crippen molar-refractivity contribution in [3.63, 3.8) is 0 Å². The standard InChI is InChI=1S/C20H21N3O/c1-13-5-4-6-16(21-13)14-7-8-15-17(11-14)22-18-9-10-20(2,3)12-23(18)19(15)24/h4-8,11H,9-10,12H2,1-3H3. The van der Waals surface area contributed by atoms with E-state index in [9.17, 15) is 4.79 Å². The molecule has 0 aliphatic carbocycles. The monoisotopic (exact) mass is 319 g/mol. The van der Waals surface area contributed by atoms with Gasteiger partial charge in [0, 0.05) is 24.2 Å². The summed E-state index contributed by atoms with van der Waals surface area (Å²) in [5.74, 6) is 0.904. The second-order valence-corrected chi connectivity index (χ2v) is 7.48. The number of benzene rings is 1. The second-order valence-electron chi connectivity index (χ2n) is 7.48. The Labute approximate surface area is 141 Å². The van der Waals surface area contributed by atoms with Crippen LogP contribution in [-0.2, 0) is 13.0 Å². The van der Waals surface area contributed by atoms with E-state index in [-0.39, 0.29) is 11.0 Å². The summed E-state index contributed by atoms with van der Waals surface area (Å²) in [6, 6.07) is 11.8. The summed E-state index contributed by atoms with van der Waals surface area (Å²) in [6.45, 7) is 7.14. The molecular formula is C20H21N3O. The minimum Gasteiger partial charge on any atom is -0.296 e. The van der Waals surface area contributed by atoms with Crippen molar-refractivity contribution in [2.45, 2.75) is 40.2 Å². The molecule has 2 aromatic heterocycles. The number of nitrogens with zero attached hydrogens (tertiary/aromatic N) is 3. The van der Waals surface area contributed by atoms with E-state index in [4.69, 9.17) is 4.98 Å². The Morgan fingerprint density at radius 1 is 1.12 bits per heavy atom. The number of hydrogen-bond acceptors (Lipinski definition) is 3. The SMILES string of the molecule is Cc1cccc(-c2ccc3c(=O)n4c(nc3c2)CCC(C)(C)C4)n1. The maximum Gasteiger partial charge on any atom is 0.261 e. The van der Waals surface area contributed by atoms with Crippen molar-refractivity contribution in [1.82, 2.24) is 14.5 Å². The molecule has 3 heterocycles. The molecule has 3 aromatic rings. The van der Waals surface area contributed by atoms with Crippen LogP contribution in [0.2, 0.25) is 0 Å². The minimum absolute atomic E-state index is 0.0755. The molecule has 0 unspecified atom stereocenters. The number of rotatable bonds is 1. The first-order valence-electron chi connectivity index (χ1n) is 8.40. The normalized spacial score (nSPS) is 16.1. The van der Waals surface area contributed by atoms with Crippen molar-refractivity contribution in [3.05, 3.63) is 58.3 Å². The van der Waals surface area contributed by atoms with Crippen molar-refractivity contribution in [2.24, 2.45) is 5.41 Å². The summed E-state index contributed by atoms with van der Waals surface area (Å²) < 4.78 is 1.86. The molecule has 0 spiro atoms. The molecular weight excluding hydrogens is 298 g/mol. The Kier molecular flexibility index (Phi) is 3.30. The lowest BCUT2D eigenvalue weighted by Gasteiger charge is -2.31. The lowest BCUT2D eigenvalue weighted by atomic mass is 9.85. The molecule has 1 aromatic carbocycles. The lowest BCUT2D eigenvalue weighted by Crippen LogP contribution is -2.36. The molecule has 0 saturated heterocycles. The van der Waals surface area contributed by atoms with Gasteiger partial charge in [-0.1, -0.05) is 26.0 Å². The Bertz CT molecular complexity index is 1000. The van der Waals surface area contributed by atoms with E-state index in [1.165, 1.54) is 0 Å². The smallest absolute Gasteiger partial charge is 0.261 e. The number of aryl methyl sites for hydroxylation is 2. The molecule has 122 valence electrons. The van der Waals surface area contributed by atoms with Gasteiger partial charge in [-0.25, -0.2) is 4.98 Å². The largest absolute Gasteiger partial charge is 0.296 e. The van der Waals surface area contributed by atoms with Gasteiger partial charge in [-0.2, -0.15) is 0 Å². The summed E-state index contributed by atoms with van der Waals surface area (Å²) in [5, 5.41) is 0.688. The van der Waals surface area contributed by atoms with Crippen LogP contribution in [0.1, 0.15) is 31.8 Å². The van der Waals surface area contributed by atoms with Crippen LogP contribution in [0.3, 0.4) is 0 Å². The van der Waals surface area contributed by atoms with Crippen LogP contribution in [0.4, 0.5) is 0 Å². The first kappa shape index (κ1) is 15.1. The van der Waals surface area contributed by atoms with Crippen molar-refractivity contribution in [3.8, 4) is 11.3 Å². The van der Waals surface area contributed by atoms with E-state index < -0.39 is 0 Å². The lowest BCUT2D eigenvalue weighted by molar-refractivity contribution is 0.240. The first-order chi connectivity index (χ1) is 11.4. The molecule has 0 atom stereocenters. The molecule has 4 heteroatoms. The summed E-state index contributed by atoms with van der Waals surface area (Å²) in [7, 11) is 0. The Morgan fingerprint density at radius 2 is 1.96 bits per heavy atom. The van der Waals surface area contributed by atoms with E-state index in [1.807, 2.05) is 47.9 Å². The van der Waals surface area contributed by atoms with Gasteiger partial charge in [0.25, 0.3) is 5.56 Å². The maximum atomic E-state index is 12.9. The third kappa shape index (κ3) is 2.52. The van der Waals surface area contributed by atoms with Crippen LogP contribution in [0.15, 0.2) is 41.2 Å². The van der Waals surface area contributed by atoms with Gasteiger partial charge >= 0.3 is 0 Å². The van der Waals surface area contributed by atoms with E-state index in [2.05, 4.69) is 18.8 Å². The minimum atomic E-state index is 0.0755. The molecule has 4 nitrogen and oxygen atoms in total. The van der Waals surface area contributed by atoms with Crippen LogP contribution in [0.5, 0.6) is 0 Å². The number of pyridine rings is 1. The highest BCUT2D eigenvalue weighted by atomic mass is 16.1. The molecule has 1 aliphatic heterocycles. The Hall–Kier alpha value is -2.49. The molecule has 1 aliphatic rings. The van der Waals surface area contributed by atoms with Crippen LogP contribution < -0.4 is 5.56 Å². The average Bonchev–Trinajstić information content (AvgIpc) is 2.55. The van der Waals surface area contributed by atoms with Crippen LogP contribution in [0.25, 0.3) is 22.2 Å². The van der Waals surface area contributed by atoms with Gasteiger partial charge in [0.2, 0.25) is 0 Å². The van der Waals surface area contributed by atoms with Crippen molar-refractivity contribution in [2.75, 3.05) is 0 Å². The second kappa shape index (κ2) is 5.26. The van der Waals surface area contributed by atoms with E-state index in [1.54, 1.807) is 0 Å². The summed E-state index contributed by atoms with van der Waals surface area (Å²) in [6.07, 6.45) is 1.91. The van der Waals surface area contributed by atoms with Crippen LogP contribution >= 0.6 is 0 Å². The maximum absolute atomic E-state index is 12.9. The van der Waals surface area contributed by atoms with Crippen LogP contribution in [-0.4, -0.2) is 14.5 Å². The summed E-state index contributed by atoms with van der Waals surface area (Å²) in [5.41, 5.74) is 3.89. The van der Waals surface area contributed by atoms with E-state index in [0.29, 0.717) is 5.39 Å².